The lowest BCUT2D eigenvalue weighted by Gasteiger charge is -2.13. The summed E-state index contributed by atoms with van der Waals surface area (Å²) in [6.07, 6.45) is 0. The van der Waals surface area contributed by atoms with Gasteiger partial charge in [0.15, 0.2) is 5.16 Å². The standard InChI is InChI=1S/C11H9ClN4O2S/c12-7-3-1-6(2-4-7)5-16-9(13)8(15-18)10(17)14-11(16)19/h1-4H,5,13H2,(H,14,17,19). The van der Waals surface area contributed by atoms with E-state index in [1.165, 1.54) is 4.57 Å². The molecule has 0 aliphatic rings. The van der Waals surface area contributed by atoms with E-state index in [0.29, 0.717) is 11.6 Å². The SMILES string of the molecule is Nc1c(N=O)c(=O)nc(S)n1Cc1ccc(Cl)cc1. The van der Waals surface area contributed by atoms with Gasteiger partial charge in [0.2, 0.25) is 5.69 Å². The molecule has 98 valence electrons. The van der Waals surface area contributed by atoms with Crippen molar-refractivity contribution >= 4 is 35.7 Å². The van der Waals surface area contributed by atoms with E-state index in [0.717, 1.165) is 5.56 Å². The number of anilines is 1. The second-order valence-corrected chi connectivity index (χ2v) is 4.59. The maximum atomic E-state index is 11.4. The Labute approximate surface area is 118 Å². The zero-order valence-corrected chi connectivity index (χ0v) is 11.2. The van der Waals surface area contributed by atoms with Gasteiger partial charge < -0.3 is 10.3 Å². The minimum Gasteiger partial charge on any atom is -0.383 e. The van der Waals surface area contributed by atoms with Gasteiger partial charge in [-0.1, -0.05) is 23.7 Å². The molecule has 0 unspecified atom stereocenters. The van der Waals surface area contributed by atoms with E-state index in [1.54, 1.807) is 24.3 Å². The lowest BCUT2D eigenvalue weighted by molar-refractivity contribution is 0.678. The number of thiol groups is 1. The van der Waals surface area contributed by atoms with E-state index >= 15 is 0 Å². The largest absolute Gasteiger partial charge is 0.383 e. The predicted octanol–water partition coefficient (Wildman–Crippen LogP) is 2.21. The molecule has 6 nitrogen and oxygen atoms in total. The molecular formula is C11H9ClN4O2S. The van der Waals surface area contributed by atoms with Gasteiger partial charge in [-0.05, 0) is 22.9 Å². The molecule has 0 fully saturated rings. The molecule has 2 rings (SSSR count). The summed E-state index contributed by atoms with van der Waals surface area (Å²) in [6.45, 7) is 0.303. The monoisotopic (exact) mass is 296 g/mol. The van der Waals surface area contributed by atoms with Gasteiger partial charge in [-0.3, -0.25) is 4.79 Å². The van der Waals surface area contributed by atoms with E-state index in [1.807, 2.05) is 0 Å². The summed E-state index contributed by atoms with van der Waals surface area (Å²) in [6, 6.07) is 7.03. The number of benzene rings is 1. The van der Waals surface area contributed by atoms with Crippen molar-refractivity contribution in [2.24, 2.45) is 5.18 Å². The van der Waals surface area contributed by atoms with Gasteiger partial charge in [-0.2, -0.15) is 4.98 Å². The summed E-state index contributed by atoms with van der Waals surface area (Å²) < 4.78 is 1.42. The molecule has 0 radical (unpaired) electrons. The summed E-state index contributed by atoms with van der Waals surface area (Å²) in [4.78, 5) is 25.6. The first-order valence-corrected chi connectivity index (χ1v) is 6.02. The van der Waals surface area contributed by atoms with E-state index in [-0.39, 0.29) is 11.0 Å². The van der Waals surface area contributed by atoms with Crippen LogP contribution in [-0.2, 0) is 6.54 Å². The maximum absolute atomic E-state index is 11.4. The summed E-state index contributed by atoms with van der Waals surface area (Å²) >= 11 is 9.87. The van der Waals surface area contributed by atoms with E-state index in [2.05, 4.69) is 22.8 Å². The topological polar surface area (TPSA) is 90.3 Å². The van der Waals surface area contributed by atoms with Crippen LogP contribution in [0.15, 0.2) is 39.4 Å². The second kappa shape index (κ2) is 5.41. The number of halogens is 1. The molecule has 8 heteroatoms. The van der Waals surface area contributed by atoms with Gasteiger partial charge in [0.1, 0.15) is 5.82 Å². The van der Waals surface area contributed by atoms with Crippen molar-refractivity contribution in [2.75, 3.05) is 5.73 Å². The van der Waals surface area contributed by atoms with Crippen LogP contribution < -0.4 is 11.3 Å². The van der Waals surface area contributed by atoms with Gasteiger partial charge in [-0.15, -0.1) is 17.5 Å². The van der Waals surface area contributed by atoms with Crippen LogP contribution in [0.5, 0.6) is 0 Å². The molecule has 0 bridgehead atoms. The number of nitrogens with two attached hydrogens (primary N) is 1. The first-order valence-electron chi connectivity index (χ1n) is 5.20. The Morgan fingerprint density at radius 3 is 2.58 bits per heavy atom. The van der Waals surface area contributed by atoms with Crippen molar-refractivity contribution in [1.82, 2.24) is 9.55 Å². The van der Waals surface area contributed by atoms with Crippen LogP contribution in [0.3, 0.4) is 0 Å². The third-order valence-electron chi connectivity index (χ3n) is 2.52. The van der Waals surface area contributed by atoms with E-state index < -0.39 is 11.2 Å². The molecule has 0 atom stereocenters. The van der Waals surface area contributed by atoms with Gasteiger partial charge in [0.25, 0.3) is 0 Å². The molecule has 0 aliphatic heterocycles. The third kappa shape index (κ3) is 2.77. The molecule has 0 spiro atoms. The molecule has 19 heavy (non-hydrogen) atoms. The molecule has 0 saturated carbocycles. The highest BCUT2D eigenvalue weighted by molar-refractivity contribution is 7.80. The molecule has 0 aliphatic carbocycles. The predicted molar refractivity (Wildman–Crippen MR) is 76.2 cm³/mol. The van der Waals surface area contributed by atoms with E-state index in [9.17, 15) is 9.70 Å². The highest BCUT2D eigenvalue weighted by Gasteiger charge is 2.13. The van der Waals surface area contributed by atoms with Crippen molar-refractivity contribution in [3.8, 4) is 0 Å². The lowest BCUT2D eigenvalue weighted by Crippen LogP contribution is -2.18. The van der Waals surface area contributed by atoms with Gasteiger partial charge >= 0.3 is 5.56 Å². The number of rotatable bonds is 3. The minimum atomic E-state index is -0.787. The van der Waals surface area contributed by atoms with Gasteiger partial charge in [-0.25, -0.2) is 0 Å². The Balaban J connectivity index is 2.48. The van der Waals surface area contributed by atoms with Crippen molar-refractivity contribution in [2.45, 2.75) is 11.7 Å². The molecule has 0 amide bonds. The Hall–Kier alpha value is -1.86. The van der Waals surface area contributed by atoms with Gasteiger partial charge in [0.05, 0.1) is 6.54 Å². The highest BCUT2D eigenvalue weighted by Crippen LogP contribution is 2.21. The number of hydrogen-bond acceptors (Lipinski definition) is 6. The van der Waals surface area contributed by atoms with Crippen LogP contribution in [0.2, 0.25) is 5.02 Å². The summed E-state index contributed by atoms with van der Waals surface area (Å²) in [5.74, 6) is -0.0602. The Morgan fingerprint density at radius 2 is 2.00 bits per heavy atom. The molecule has 1 aromatic heterocycles. The van der Waals surface area contributed by atoms with Crippen molar-refractivity contribution in [3.05, 3.63) is 50.1 Å². The van der Waals surface area contributed by atoms with Crippen LogP contribution in [0.4, 0.5) is 11.5 Å². The third-order valence-corrected chi connectivity index (χ3v) is 3.12. The van der Waals surface area contributed by atoms with Crippen LogP contribution >= 0.6 is 24.2 Å². The molecule has 0 saturated heterocycles. The average molecular weight is 297 g/mol. The van der Waals surface area contributed by atoms with Crippen LogP contribution in [0, 0.1) is 4.91 Å². The van der Waals surface area contributed by atoms with Gasteiger partial charge in [0, 0.05) is 5.02 Å². The fraction of sp³-hybridized carbons (Fsp3) is 0.0909. The average Bonchev–Trinajstić information content (AvgIpc) is 2.37. The molecule has 2 N–H and O–H groups in total. The first kappa shape index (κ1) is 13.6. The van der Waals surface area contributed by atoms with Crippen molar-refractivity contribution in [3.63, 3.8) is 0 Å². The molecular weight excluding hydrogens is 288 g/mol. The number of hydrogen-bond donors (Lipinski definition) is 2. The zero-order valence-electron chi connectivity index (χ0n) is 9.58. The van der Waals surface area contributed by atoms with Crippen LogP contribution in [-0.4, -0.2) is 9.55 Å². The number of nitroso groups, excluding NO2 is 1. The first-order chi connectivity index (χ1) is 9.02. The quantitative estimate of drug-likeness (QED) is 0.516. The fourth-order valence-corrected chi connectivity index (χ4v) is 1.96. The molecule has 1 heterocycles. The van der Waals surface area contributed by atoms with Crippen LogP contribution in [0.1, 0.15) is 5.56 Å². The summed E-state index contributed by atoms with van der Waals surface area (Å²) in [7, 11) is 0. The fourth-order valence-electron chi connectivity index (χ4n) is 1.56. The van der Waals surface area contributed by atoms with E-state index in [4.69, 9.17) is 17.3 Å². The van der Waals surface area contributed by atoms with Crippen molar-refractivity contribution < 1.29 is 0 Å². The van der Waals surface area contributed by atoms with Crippen molar-refractivity contribution in [1.29, 1.82) is 0 Å². The smallest absolute Gasteiger partial charge is 0.305 e. The lowest BCUT2D eigenvalue weighted by atomic mass is 10.2. The highest BCUT2D eigenvalue weighted by atomic mass is 35.5. The maximum Gasteiger partial charge on any atom is 0.305 e. The normalized spacial score (nSPS) is 10.4. The number of nitrogens with zero attached hydrogens (tertiary/aromatic N) is 3. The summed E-state index contributed by atoms with van der Waals surface area (Å²) in [5.41, 5.74) is 5.40. The number of aromatic nitrogens is 2. The summed E-state index contributed by atoms with van der Waals surface area (Å²) in [5, 5.41) is 3.32. The Morgan fingerprint density at radius 1 is 1.37 bits per heavy atom. The molecule has 2 aromatic rings. The Kier molecular flexibility index (Phi) is 3.87. The second-order valence-electron chi connectivity index (χ2n) is 3.75. The minimum absolute atomic E-state index is 0.0602. The molecule has 1 aromatic carbocycles. The zero-order chi connectivity index (χ0) is 14.0. The van der Waals surface area contributed by atoms with Crippen LogP contribution in [0.25, 0.3) is 0 Å². The Bertz CT molecular complexity index is 684. The number of nitrogen functional groups attached to an aromatic ring is 1.